The number of para-hydroxylation sites is 1. The Hall–Kier alpha value is -2.81. The number of rotatable bonds is 5. The van der Waals surface area contributed by atoms with Gasteiger partial charge in [-0.15, -0.1) is 0 Å². The van der Waals surface area contributed by atoms with Crippen molar-refractivity contribution in [1.29, 1.82) is 5.26 Å². The number of nitrogens with one attached hydrogen (secondary N) is 1. The second-order valence-electron chi connectivity index (χ2n) is 5.74. The number of carbonyl (C=O) groups excluding carboxylic acids is 2. The molecule has 0 aliphatic carbocycles. The maximum absolute atomic E-state index is 11.9. The molecule has 23 heavy (non-hydrogen) atoms. The average molecular weight is 314 g/mol. The van der Waals surface area contributed by atoms with E-state index in [2.05, 4.69) is 11.4 Å². The first-order chi connectivity index (χ1) is 10.9. The predicted octanol–water partition coefficient (Wildman–Crippen LogP) is 2.64. The number of esters is 1. The second-order valence-corrected chi connectivity index (χ2v) is 5.74. The lowest BCUT2D eigenvalue weighted by Gasteiger charge is -2.27. The van der Waals surface area contributed by atoms with Gasteiger partial charge in [0.2, 0.25) is 5.76 Å². The van der Waals surface area contributed by atoms with Gasteiger partial charge in [0, 0.05) is 5.39 Å². The molecule has 0 aliphatic heterocycles. The Morgan fingerprint density at radius 3 is 2.70 bits per heavy atom. The van der Waals surface area contributed by atoms with Gasteiger partial charge in [0.1, 0.15) is 11.1 Å². The number of nitrogens with zero attached hydrogens (tertiary/aromatic N) is 1. The van der Waals surface area contributed by atoms with Crippen LogP contribution in [0.25, 0.3) is 11.0 Å². The SMILES string of the molecule is CC(C)C(C)(C#N)NC(=O)COC(=O)c1cc2ccccc2o1. The minimum absolute atomic E-state index is 0.0332. The van der Waals surface area contributed by atoms with Gasteiger partial charge in [0.15, 0.2) is 6.61 Å². The smallest absolute Gasteiger partial charge is 0.374 e. The molecule has 1 unspecified atom stereocenters. The lowest BCUT2D eigenvalue weighted by atomic mass is 9.90. The zero-order chi connectivity index (χ0) is 17.0. The summed E-state index contributed by atoms with van der Waals surface area (Å²) in [5, 5.41) is 12.5. The summed E-state index contributed by atoms with van der Waals surface area (Å²) in [6.07, 6.45) is 0. The van der Waals surface area contributed by atoms with Crippen LogP contribution in [0.5, 0.6) is 0 Å². The van der Waals surface area contributed by atoms with E-state index in [1.807, 2.05) is 26.0 Å². The summed E-state index contributed by atoms with van der Waals surface area (Å²) in [7, 11) is 0. The van der Waals surface area contributed by atoms with Crippen LogP contribution < -0.4 is 5.32 Å². The Kier molecular flexibility index (Phi) is 4.70. The maximum Gasteiger partial charge on any atom is 0.374 e. The van der Waals surface area contributed by atoms with Crippen LogP contribution in [0.15, 0.2) is 34.7 Å². The summed E-state index contributed by atoms with van der Waals surface area (Å²) in [6.45, 7) is 4.80. The van der Waals surface area contributed by atoms with Crippen molar-refractivity contribution in [1.82, 2.24) is 5.32 Å². The van der Waals surface area contributed by atoms with Gasteiger partial charge in [-0.1, -0.05) is 32.0 Å². The minimum atomic E-state index is -1.01. The highest BCUT2D eigenvalue weighted by Gasteiger charge is 2.30. The highest BCUT2D eigenvalue weighted by molar-refractivity contribution is 5.93. The summed E-state index contributed by atoms with van der Waals surface area (Å²) in [5.41, 5.74) is -0.441. The molecule has 1 amide bonds. The molecule has 0 aliphatic rings. The van der Waals surface area contributed by atoms with Crippen LogP contribution in [0.3, 0.4) is 0 Å². The minimum Gasteiger partial charge on any atom is -0.450 e. The number of amides is 1. The van der Waals surface area contributed by atoms with Gasteiger partial charge < -0.3 is 14.5 Å². The number of hydrogen-bond acceptors (Lipinski definition) is 5. The highest BCUT2D eigenvalue weighted by atomic mass is 16.5. The summed E-state index contributed by atoms with van der Waals surface area (Å²) in [6, 6.07) is 10.8. The summed E-state index contributed by atoms with van der Waals surface area (Å²) < 4.78 is 10.3. The van der Waals surface area contributed by atoms with E-state index in [9.17, 15) is 9.59 Å². The van der Waals surface area contributed by atoms with Crippen LogP contribution in [0.2, 0.25) is 0 Å². The maximum atomic E-state index is 11.9. The van der Waals surface area contributed by atoms with Crippen molar-refractivity contribution in [3.8, 4) is 6.07 Å². The molecule has 0 fully saturated rings. The van der Waals surface area contributed by atoms with Gasteiger partial charge in [0.25, 0.3) is 5.91 Å². The van der Waals surface area contributed by atoms with E-state index < -0.39 is 24.0 Å². The van der Waals surface area contributed by atoms with Crippen LogP contribution in [-0.2, 0) is 9.53 Å². The predicted molar refractivity (Wildman–Crippen MR) is 83.5 cm³/mol. The van der Waals surface area contributed by atoms with Crippen molar-refractivity contribution in [2.75, 3.05) is 6.61 Å². The van der Waals surface area contributed by atoms with E-state index in [4.69, 9.17) is 14.4 Å². The number of benzene rings is 1. The molecule has 1 aromatic heterocycles. The topological polar surface area (TPSA) is 92.3 Å². The highest BCUT2D eigenvalue weighted by Crippen LogP contribution is 2.19. The summed E-state index contributed by atoms with van der Waals surface area (Å²) in [4.78, 5) is 23.8. The average Bonchev–Trinajstić information content (AvgIpc) is 2.96. The number of hydrogen-bond donors (Lipinski definition) is 1. The van der Waals surface area contributed by atoms with E-state index in [0.29, 0.717) is 5.58 Å². The van der Waals surface area contributed by atoms with Crippen molar-refractivity contribution in [3.05, 3.63) is 36.1 Å². The largest absolute Gasteiger partial charge is 0.450 e. The molecular formula is C17H18N2O4. The molecule has 0 radical (unpaired) electrons. The van der Waals surface area contributed by atoms with E-state index in [0.717, 1.165) is 5.39 Å². The summed E-state index contributed by atoms with van der Waals surface area (Å²) in [5.74, 6) is -1.31. The molecule has 0 saturated carbocycles. The van der Waals surface area contributed by atoms with Gasteiger partial charge in [-0.3, -0.25) is 4.79 Å². The third kappa shape index (κ3) is 3.69. The fourth-order valence-corrected chi connectivity index (χ4v) is 1.91. The third-order valence-electron chi connectivity index (χ3n) is 3.75. The van der Waals surface area contributed by atoms with Crippen LogP contribution >= 0.6 is 0 Å². The fourth-order valence-electron chi connectivity index (χ4n) is 1.91. The normalized spacial score (nSPS) is 13.3. The number of nitriles is 1. The lowest BCUT2D eigenvalue weighted by molar-refractivity contribution is -0.125. The second kappa shape index (κ2) is 6.53. The Morgan fingerprint density at radius 1 is 1.39 bits per heavy atom. The van der Waals surface area contributed by atoms with E-state index in [1.54, 1.807) is 25.1 Å². The van der Waals surface area contributed by atoms with Crippen LogP contribution in [0.1, 0.15) is 31.3 Å². The third-order valence-corrected chi connectivity index (χ3v) is 3.75. The quantitative estimate of drug-likeness (QED) is 0.856. The number of fused-ring (bicyclic) bond motifs is 1. The molecule has 6 heteroatoms. The summed E-state index contributed by atoms with van der Waals surface area (Å²) >= 11 is 0. The zero-order valence-electron chi connectivity index (χ0n) is 13.3. The number of carbonyl (C=O) groups is 2. The Labute approximate surface area is 134 Å². The van der Waals surface area contributed by atoms with Crippen LogP contribution in [-0.4, -0.2) is 24.0 Å². The Morgan fingerprint density at radius 2 is 2.09 bits per heavy atom. The van der Waals surface area contributed by atoms with Crippen LogP contribution in [0, 0.1) is 17.2 Å². The monoisotopic (exact) mass is 314 g/mol. The molecular weight excluding hydrogens is 296 g/mol. The van der Waals surface area contributed by atoms with Crippen molar-refractivity contribution >= 4 is 22.8 Å². The fraction of sp³-hybridized carbons (Fsp3) is 0.353. The van der Waals surface area contributed by atoms with Gasteiger partial charge in [0.05, 0.1) is 6.07 Å². The molecule has 6 nitrogen and oxygen atoms in total. The van der Waals surface area contributed by atoms with E-state index in [1.165, 1.54) is 0 Å². The molecule has 2 aromatic rings. The number of ether oxygens (including phenoxy) is 1. The molecule has 1 N–H and O–H groups in total. The van der Waals surface area contributed by atoms with Crippen molar-refractivity contribution in [3.63, 3.8) is 0 Å². The Balaban J connectivity index is 1.96. The zero-order valence-corrected chi connectivity index (χ0v) is 13.3. The molecule has 0 saturated heterocycles. The van der Waals surface area contributed by atoms with Crippen molar-refractivity contribution in [2.24, 2.45) is 5.92 Å². The molecule has 2 rings (SSSR count). The number of furan rings is 1. The molecule has 0 spiro atoms. The van der Waals surface area contributed by atoms with Gasteiger partial charge in [-0.05, 0) is 25.0 Å². The molecule has 120 valence electrons. The Bertz CT molecular complexity index is 739. The van der Waals surface area contributed by atoms with Gasteiger partial charge in [-0.25, -0.2) is 4.79 Å². The first-order valence-corrected chi connectivity index (χ1v) is 7.23. The van der Waals surface area contributed by atoms with Crippen molar-refractivity contribution in [2.45, 2.75) is 26.3 Å². The van der Waals surface area contributed by atoms with E-state index in [-0.39, 0.29) is 11.7 Å². The first kappa shape index (κ1) is 16.6. The first-order valence-electron chi connectivity index (χ1n) is 7.23. The molecule has 1 atom stereocenters. The molecule has 0 bridgehead atoms. The van der Waals surface area contributed by atoms with Crippen molar-refractivity contribution < 1.29 is 18.7 Å². The lowest BCUT2D eigenvalue weighted by Crippen LogP contribution is -2.50. The van der Waals surface area contributed by atoms with Gasteiger partial charge in [-0.2, -0.15) is 5.26 Å². The van der Waals surface area contributed by atoms with Gasteiger partial charge >= 0.3 is 5.97 Å². The van der Waals surface area contributed by atoms with Crippen LogP contribution in [0.4, 0.5) is 0 Å². The van der Waals surface area contributed by atoms with E-state index >= 15 is 0 Å². The molecule has 1 aromatic carbocycles. The molecule has 1 heterocycles. The standard InChI is InChI=1S/C17H18N2O4/c1-11(2)17(3,10-18)19-15(20)9-22-16(21)14-8-12-6-4-5-7-13(12)23-14/h4-8,11H,9H2,1-3H3,(H,19,20).